The molecule has 0 amide bonds. The van der Waals surface area contributed by atoms with Gasteiger partial charge in [-0.05, 0) is 49.8 Å². The molecule has 0 aliphatic heterocycles. The van der Waals surface area contributed by atoms with Crippen LogP contribution in [-0.2, 0) is 0 Å². The van der Waals surface area contributed by atoms with E-state index in [1.807, 2.05) is 0 Å². The lowest BCUT2D eigenvalue weighted by Gasteiger charge is -2.24. The maximum atomic E-state index is 6.33. The van der Waals surface area contributed by atoms with Crippen LogP contribution in [0.4, 0.5) is 0 Å². The molecule has 2 rings (SSSR count). The average Bonchev–Trinajstić information content (AvgIpc) is 2.86. The molecule has 0 bridgehead atoms. The highest BCUT2D eigenvalue weighted by atomic mass is 16.5. The summed E-state index contributed by atoms with van der Waals surface area (Å²) in [6.45, 7) is 7.71. The van der Waals surface area contributed by atoms with Gasteiger partial charge in [-0.2, -0.15) is 0 Å². The Kier molecular flexibility index (Phi) is 5.26. The third kappa shape index (κ3) is 3.50. The van der Waals surface area contributed by atoms with Gasteiger partial charge >= 0.3 is 0 Å². The molecule has 1 aromatic rings. The van der Waals surface area contributed by atoms with Gasteiger partial charge in [0.25, 0.3) is 0 Å². The van der Waals surface area contributed by atoms with Crippen molar-refractivity contribution in [2.24, 2.45) is 0 Å². The normalized spacial score (nSPS) is 24.4. The molecule has 1 aromatic carbocycles. The number of hydrogen-bond acceptors (Lipinski definition) is 2. The van der Waals surface area contributed by atoms with Crippen LogP contribution >= 0.6 is 0 Å². The lowest BCUT2D eigenvalue weighted by Crippen LogP contribution is -2.38. The van der Waals surface area contributed by atoms with Crippen molar-refractivity contribution in [1.82, 2.24) is 5.32 Å². The van der Waals surface area contributed by atoms with Crippen LogP contribution in [0, 0.1) is 0 Å². The quantitative estimate of drug-likeness (QED) is 0.832. The summed E-state index contributed by atoms with van der Waals surface area (Å²) in [5.41, 5.74) is 1.35. The number of para-hydroxylation sites is 1. The van der Waals surface area contributed by atoms with Crippen LogP contribution in [0.5, 0.6) is 5.75 Å². The van der Waals surface area contributed by atoms with E-state index in [1.54, 1.807) is 0 Å². The summed E-state index contributed by atoms with van der Waals surface area (Å²) in [5.74, 6) is 1.65. The molecule has 2 heteroatoms. The van der Waals surface area contributed by atoms with E-state index in [0.717, 1.165) is 18.7 Å². The lowest BCUT2D eigenvalue weighted by molar-refractivity contribution is 0.173. The first kappa shape index (κ1) is 14.4. The fourth-order valence-electron chi connectivity index (χ4n) is 2.94. The molecule has 1 aliphatic carbocycles. The van der Waals surface area contributed by atoms with Gasteiger partial charge in [-0.25, -0.2) is 0 Å². The van der Waals surface area contributed by atoms with Crippen molar-refractivity contribution in [1.29, 1.82) is 0 Å². The Labute approximate surface area is 117 Å². The molecule has 3 unspecified atom stereocenters. The van der Waals surface area contributed by atoms with Crippen molar-refractivity contribution in [2.75, 3.05) is 6.54 Å². The highest BCUT2D eigenvalue weighted by molar-refractivity contribution is 5.36. The van der Waals surface area contributed by atoms with E-state index in [4.69, 9.17) is 4.74 Å². The lowest BCUT2D eigenvalue weighted by atomic mass is 9.98. The Bertz CT molecular complexity index is 391. The van der Waals surface area contributed by atoms with Crippen LogP contribution in [-0.4, -0.2) is 18.7 Å². The minimum Gasteiger partial charge on any atom is -0.489 e. The molecule has 106 valence electrons. The first-order valence-electron chi connectivity index (χ1n) is 7.75. The summed E-state index contributed by atoms with van der Waals surface area (Å²) in [6.07, 6.45) is 5.18. The Morgan fingerprint density at radius 2 is 2.05 bits per heavy atom. The van der Waals surface area contributed by atoms with Gasteiger partial charge in [-0.15, -0.1) is 0 Å². The van der Waals surface area contributed by atoms with Crippen molar-refractivity contribution < 1.29 is 4.74 Å². The van der Waals surface area contributed by atoms with Crippen LogP contribution in [0.15, 0.2) is 24.3 Å². The zero-order valence-electron chi connectivity index (χ0n) is 12.5. The largest absolute Gasteiger partial charge is 0.489 e. The number of ether oxygens (including phenoxy) is 1. The Morgan fingerprint density at radius 1 is 1.26 bits per heavy atom. The molecule has 2 nitrogen and oxygen atoms in total. The summed E-state index contributed by atoms with van der Waals surface area (Å²) in [7, 11) is 0. The van der Waals surface area contributed by atoms with E-state index < -0.39 is 0 Å². The SMILES string of the molecule is CCNC1CCCC1Oc1ccccc1C(C)CC. The monoisotopic (exact) mass is 261 g/mol. The van der Waals surface area contributed by atoms with Crippen LogP contribution < -0.4 is 10.1 Å². The van der Waals surface area contributed by atoms with Crippen molar-refractivity contribution in [2.45, 2.75) is 64.5 Å². The minimum atomic E-state index is 0.338. The van der Waals surface area contributed by atoms with Crippen molar-refractivity contribution in [3.63, 3.8) is 0 Å². The van der Waals surface area contributed by atoms with Crippen LogP contribution in [0.3, 0.4) is 0 Å². The van der Waals surface area contributed by atoms with E-state index in [-0.39, 0.29) is 0 Å². The van der Waals surface area contributed by atoms with Gasteiger partial charge in [0.05, 0.1) is 0 Å². The molecule has 1 aliphatic rings. The van der Waals surface area contributed by atoms with E-state index in [9.17, 15) is 0 Å². The summed E-state index contributed by atoms with van der Waals surface area (Å²) in [4.78, 5) is 0. The molecule has 19 heavy (non-hydrogen) atoms. The maximum Gasteiger partial charge on any atom is 0.123 e. The fraction of sp³-hybridized carbons (Fsp3) is 0.647. The van der Waals surface area contributed by atoms with E-state index in [1.165, 1.54) is 24.8 Å². The van der Waals surface area contributed by atoms with Crippen LogP contribution in [0.25, 0.3) is 0 Å². The highest BCUT2D eigenvalue weighted by Gasteiger charge is 2.28. The second-order valence-corrected chi connectivity index (χ2v) is 5.60. The van der Waals surface area contributed by atoms with Gasteiger partial charge in [0.15, 0.2) is 0 Å². The molecule has 1 fully saturated rings. The molecule has 0 heterocycles. The van der Waals surface area contributed by atoms with Gasteiger partial charge in [0.1, 0.15) is 11.9 Å². The second kappa shape index (κ2) is 6.95. The van der Waals surface area contributed by atoms with Crippen LogP contribution in [0.2, 0.25) is 0 Å². The Hall–Kier alpha value is -1.02. The van der Waals surface area contributed by atoms with Gasteiger partial charge in [-0.1, -0.05) is 39.0 Å². The molecule has 0 saturated heterocycles. The summed E-state index contributed by atoms with van der Waals surface area (Å²) >= 11 is 0. The molecule has 3 atom stereocenters. The van der Waals surface area contributed by atoms with Crippen molar-refractivity contribution >= 4 is 0 Å². The zero-order chi connectivity index (χ0) is 13.7. The summed E-state index contributed by atoms with van der Waals surface area (Å²) < 4.78 is 6.33. The number of likely N-dealkylation sites (N-methyl/N-ethyl adjacent to an activating group) is 1. The molecular formula is C17H27NO. The number of nitrogens with one attached hydrogen (secondary N) is 1. The first-order valence-corrected chi connectivity index (χ1v) is 7.75. The molecule has 0 spiro atoms. The average molecular weight is 261 g/mol. The third-order valence-electron chi connectivity index (χ3n) is 4.26. The number of benzene rings is 1. The summed E-state index contributed by atoms with van der Waals surface area (Å²) in [5, 5.41) is 3.55. The van der Waals surface area contributed by atoms with Gasteiger partial charge in [0, 0.05) is 6.04 Å². The van der Waals surface area contributed by atoms with Crippen LogP contribution in [0.1, 0.15) is 57.9 Å². The number of rotatable bonds is 6. The molecule has 0 radical (unpaired) electrons. The van der Waals surface area contributed by atoms with E-state index >= 15 is 0 Å². The minimum absolute atomic E-state index is 0.338. The van der Waals surface area contributed by atoms with Gasteiger partial charge in [0.2, 0.25) is 0 Å². The predicted octanol–water partition coefficient (Wildman–Crippen LogP) is 4.11. The van der Waals surface area contributed by atoms with Crippen molar-refractivity contribution in [3.05, 3.63) is 29.8 Å². The van der Waals surface area contributed by atoms with E-state index in [2.05, 4.69) is 50.4 Å². The number of hydrogen-bond donors (Lipinski definition) is 1. The molecule has 1 saturated carbocycles. The highest BCUT2D eigenvalue weighted by Crippen LogP contribution is 2.32. The zero-order valence-corrected chi connectivity index (χ0v) is 12.5. The standard InChI is InChI=1S/C17H27NO/c1-4-13(3)14-9-6-7-11-16(14)19-17-12-8-10-15(17)18-5-2/h6-7,9,11,13,15,17-18H,4-5,8,10,12H2,1-3H3. The van der Waals surface area contributed by atoms with Gasteiger partial charge < -0.3 is 10.1 Å². The summed E-state index contributed by atoms with van der Waals surface area (Å²) in [6, 6.07) is 9.06. The second-order valence-electron chi connectivity index (χ2n) is 5.60. The fourth-order valence-corrected chi connectivity index (χ4v) is 2.94. The Morgan fingerprint density at radius 3 is 2.79 bits per heavy atom. The third-order valence-corrected chi connectivity index (χ3v) is 4.26. The van der Waals surface area contributed by atoms with E-state index in [0.29, 0.717) is 18.1 Å². The Balaban J connectivity index is 2.10. The predicted molar refractivity (Wildman–Crippen MR) is 80.9 cm³/mol. The van der Waals surface area contributed by atoms with Gasteiger partial charge in [-0.3, -0.25) is 0 Å². The molecule has 1 N–H and O–H groups in total. The molecular weight excluding hydrogens is 234 g/mol. The topological polar surface area (TPSA) is 21.3 Å². The smallest absolute Gasteiger partial charge is 0.123 e. The first-order chi connectivity index (χ1) is 9.26. The maximum absolute atomic E-state index is 6.33. The molecule has 0 aromatic heterocycles. The van der Waals surface area contributed by atoms with Crippen molar-refractivity contribution in [3.8, 4) is 5.75 Å².